The molecule has 0 saturated heterocycles. The summed E-state index contributed by atoms with van der Waals surface area (Å²) in [6, 6.07) is 7.69. The first-order chi connectivity index (χ1) is 10.0. The van der Waals surface area contributed by atoms with Gasteiger partial charge in [-0.25, -0.2) is 4.98 Å². The molecule has 5 heteroatoms. The van der Waals surface area contributed by atoms with Gasteiger partial charge in [0.05, 0.1) is 11.1 Å². The Morgan fingerprint density at radius 1 is 1.29 bits per heavy atom. The minimum Gasteiger partial charge on any atom is -0.363 e. The Bertz CT molecular complexity index is 659. The van der Waals surface area contributed by atoms with Crippen LogP contribution in [-0.2, 0) is 0 Å². The van der Waals surface area contributed by atoms with Crippen molar-refractivity contribution in [2.75, 3.05) is 5.32 Å². The van der Waals surface area contributed by atoms with Crippen molar-refractivity contribution in [2.45, 2.75) is 26.3 Å². The molecule has 0 aliphatic carbocycles. The Morgan fingerprint density at radius 2 is 2.05 bits per heavy atom. The van der Waals surface area contributed by atoms with Gasteiger partial charge in [0, 0.05) is 16.8 Å². The minimum atomic E-state index is 0.0918. The highest BCUT2D eigenvalue weighted by atomic mass is 35.5. The molecule has 21 heavy (non-hydrogen) atoms. The Kier molecular flexibility index (Phi) is 5.21. The third kappa shape index (κ3) is 3.74. The van der Waals surface area contributed by atoms with Crippen LogP contribution >= 0.6 is 23.2 Å². The molecule has 1 aromatic carbocycles. The summed E-state index contributed by atoms with van der Waals surface area (Å²) in [5, 5.41) is 4.43. The molecule has 0 bridgehead atoms. The predicted octanol–water partition coefficient (Wildman–Crippen LogP) is 5.07. The highest BCUT2D eigenvalue weighted by Gasteiger charge is 2.12. The van der Waals surface area contributed by atoms with Crippen LogP contribution in [0, 0.1) is 6.92 Å². The number of hydrogen-bond acceptors (Lipinski definition) is 3. The number of hydrogen-bond donors (Lipinski definition) is 1. The van der Waals surface area contributed by atoms with Gasteiger partial charge in [0.25, 0.3) is 0 Å². The number of rotatable bonds is 5. The highest BCUT2D eigenvalue weighted by Crippen LogP contribution is 2.26. The molecule has 1 aromatic heterocycles. The van der Waals surface area contributed by atoms with Crippen LogP contribution in [0.25, 0.3) is 0 Å². The van der Waals surface area contributed by atoms with Gasteiger partial charge in [-0.1, -0.05) is 42.3 Å². The summed E-state index contributed by atoms with van der Waals surface area (Å²) >= 11 is 11.9. The first kappa shape index (κ1) is 15.8. The second-order valence-corrected chi connectivity index (χ2v) is 5.64. The lowest BCUT2D eigenvalue weighted by Gasteiger charge is -2.19. The monoisotopic (exact) mass is 322 g/mol. The lowest BCUT2D eigenvalue weighted by Crippen LogP contribution is -2.11. The van der Waals surface area contributed by atoms with Crippen LogP contribution in [0.2, 0.25) is 10.0 Å². The van der Waals surface area contributed by atoms with Gasteiger partial charge >= 0.3 is 0 Å². The van der Waals surface area contributed by atoms with E-state index in [-0.39, 0.29) is 6.04 Å². The van der Waals surface area contributed by atoms with Crippen molar-refractivity contribution in [3.8, 4) is 0 Å². The molecule has 0 spiro atoms. The van der Waals surface area contributed by atoms with Crippen molar-refractivity contribution in [1.82, 2.24) is 4.98 Å². The molecule has 1 N–H and O–H groups in total. The fourth-order valence-electron chi connectivity index (χ4n) is 2.11. The average Bonchev–Trinajstić information content (AvgIpc) is 2.49. The SMILES string of the molecule is CC[C@@H](Nc1cc(C=O)c(Cl)cn1)c1ccc(Cl)c(C)c1. The summed E-state index contributed by atoms with van der Waals surface area (Å²) < 4.78 is 0. The topological polar surface area (TPSA) is 42.0 Å². The summed E-state index contributed by atoms with van der Waals surface area (Å²) in [5.74, 6) is 0.626. The minimum absolute atomic E-state index is 0.0918. The number of benzene rings is 1. The number of pyridine rings is 1. The molecule has 1 atom stereocenters. The van der Waals surface area contributed by atoms with Gasteiger partial charge < -0.3 is 5.32 Å². The summed E-state index contributed by atoms with van der Waals surface area (Å²) in [7, 11) is 0. The van der Waals surface area contributed by atoms with Crippen molar-refractivity contribution in [3.05, 3.63) is 57.2 Å². The first-order valence-electron chi connectivity index (χ1n) is 6.68. The normalized spacial score (nSPS) is 12.0. The Balaban J connectivity index is 2.26. The molecule has 0 unspecified atom stereocenters. The van der Waals surface area contributed by atoms with E-state index in [1.165, 1.54) is 6.20 Å². The zero-order valence-electron chi connectivity index (χ0n) is 11.9. The van der Waals surface area contributed by atoms with Crippen LogP contribution in [-0.4, -0.2) is 11.3 Å². The van der Waals surface area contributed by atoms with Crippen molar-refractivity contribution >= 4 is 35.3 Å². The van der Waals surface area contributed by atoms with Gasteiger partial charge in [-0.15, -0.1) is 0 Å². The summed E-state index contributed by atoms with van der Waals surface area (Å²) in [4.78, 5) is 15.1. The standard InChI is InChI=1S/C16H16Cl2N2O/c1-3-15(11-4-5-13(17)10(2)6-11)20-16-7-12(9-21)14(18)8-19-16/h4-9,15H,3H2,1-2H3,(H,19,20)/t15-/m1/s1. The molecule has 2 aromatic rings. The maximum atomic E-state index is 10.9. The predicted molar refractivity (Wildman–Crippen MR) is 87.5 cm³/mol. The highest BCUT2D eigenvalue weighted by molar-refractivity contribution is 6.32. The number of anilines is 1. The molecule has 0 fully saturated rings. The molecule has 0 aliphatic heterocycles. The number of carbonyl (C=O) groups excluding carboxylic acids is 1. The third-order valence-corrected chi connectivity index (χ3v) is 4.07. The number of nitrogens with one attached hydrogen (secondary N) is 1. The van der Waals surface area contributed by atoms with Crippen LogP contribution in [0.15, 0.2) is 30.5 Å². The van der Waals surface area contributed by atoms with Gasteiger partial charge in [0.15, 0.2) is 6.29 Å². The summed E-state index contributed by atoms with van der Waals surface area (Å²) in [5.41, 5.74) is 2.59. The fourth-order valence-corrected chi connectivity index (χ4v) is 2.37. The lowest BCUT2D eigenvalue weighted by atomic mass is 10.0. The quantitative estimate of drug-likeness (QED) is 0.781. The number of carbonyl (C=O) groups is 1. The number of aldehydes is 1. The summed E-state index contributed by atoms with van der Waals surface area (Å²) in [6.07, 6.45) is 3.08. The van der Waals surface area contributed by atoms with Crippen LogP contribution in [0.3, 0.4) is 0 Å². The van der Waals surface area contributed by atoms with E-state index in [9.17, 15) is 4.79 Å². The molecular formula is C16H16Cl2N2O. The van der Waals surface area contributed by atoms with E-state index in [1.54, 1.807) is 6.07 Å². The van der Waals surface area contributed by atoms with Crippen molar-refractivity contribution in [1.29, 1.82) is 0 Å². The van der Waals surface area contributed by atoms with Gasteiger partial charge in [0.2, 0.25) is 0 Å². The molecule has 3 nitrogen and oxygen atoms in total. The van der Waals surface area contributed by atoms with E-state index in [0.29, 0.717) is 16.4 Å². The molecule has 0 aliphatic rings. The maximum absolute atomic E-state index is 10.9. The van der Waals surface area contributed by atoms with Crippen LogP contribution in [0.5, 0.6) is 0 Å². The number of nitrogens with zero attached hydrogens (tertiary/aromatic N) is 1. The Labute approximate surface area is 134 Å². The second-order valence-electron chi connectivity index (χ2n) is 4.82. The van der Waals surface area contributed by atoms with E-state index in [4.69, 9.17) is 23.2 Å². The summed E-state index contributed by atoms with van der Waals surface area (Å²) in [6.45, 7) is 4.06. The molecule has 110 valence electrons. The molecule has 2 rings (SSSR count). The van der Waals surface area contributed by atoms with Crippen molar-refractivity contribution < 1.29 is 4.79 Å². The van der Waals surface area contributed by atoms with Gasteiger partial charge in [-0.05, 0) is 36.6 Å². The second kappa shape index (κ2) is 6.92. The first-order valence-corrected chi connectivity index (χ1v) is 7.44. The Hall–Kier alpha value is -1.58. The number of aromatic nitrogens is 1. The lowest BCUT2D eigenvalue weighted by molar-refractivity contribution is 0.112. The molecule has 0 saturated carbocycles. The van der Waals surface area contributed by atoms with Crippen molar-refractivity contribution in [3.63, 3.8) is 0 Å². The average molecular weight is 323 g/mol. The smallest absolute Gasteiger partial charge is 0.151 e. The molecule has 0 amide bonds. The molecule has 1 heterocycles. The molecule has 0 radical (unpaired) electrons. The van der Waals surface area contributed by atoms with Crippen molar-refractivity contribution in [2.24, 2.45) is 0 Å². The number of halogens is 2. The zero-order valence-corrected chi connectivity index (χ0v) is 13.4. The maximum Gasteiger partial charge on any atom is 0.151 e. The van der Waals surface area contributed by atoms with E-state index >= 15 is 0 Å². The third-order valence-electron chi connectivity index (χ3n) is 3.33. The van der Waals surface area contributed by atoms with E-state index < -0.39 is 0 Å². The van der Waals surface area contributed by atoms with Crippen LogP contribution in [0.4, 0.5) is 5.82 Å². The van der Waals surface area contributed by atoms with Gasteiger partial charge in [-0.3, -0.25) is 4.79 Å². The van der Waals surface area contributed by atoms with Crippen LogP contribution in [0.1, 0.15) is 40.9 Å². The zero-order chi connectivity index (χ0) is 15.4. The number of aryl methyl sites for hydroxylation is 1. The van der Waals surface area contributed by atoms with Gasteiger partial charge in [0.1, 0.15) is 5.82 Å². The Morgan fingerprint density at radius 3 is 2.67 bits per heavy atom. The van der Waals surface area contributed by atoms with E-state index in [0.717, 1.165) is 28.9 Å². The largest absolute Gasteiger partial charge is 0.363 e. The van der Waals surface area contributed by atoms with Crippen LogP contribution < -0.4 is 5.32 Å². The van der Waals surface area contributed by atoms with E-state index in [1.807, 2.05) is 19.1 Å². The van der Waals surface area contributed by atoms with Gasteiger partial charge in [-0.2, -0.15) is 0 Å². The molecular weight excluding hydrogens is 307 g/mol. The van der Waals surface area contributed by atoms with E-state index in [2.05, 4.69) is 23.3 Å². The fraction of sp³-hybridized carbons (Fsp3) is 0.250.